The van der Waals surface area contributed by atoms with Gasteiger partial charge in [-0.15, -0.1) is 0 Å². The van der Waals surface area contributed by atoms with Gasteiger partial charge in [-0.25, -0.2) is 0 Å². The minimum absolute atomic E-state index is 0.0775. The minimum atomic E-state index is -4.72. The average Bonchev–Trinajstić information content (AvgIpc) is 3.02. The van der Waals surface area contributed by atoms with E-state index in [1.165, 1.54) is 28.0 Å². The first kappa shape index (κ1) is 26.4. The van der Waals surface area contributed by atoms with Crippen LogP contribution in [0.2, 0.25) is 0 Å². The third-order valence-electron chi connectivity index (χ3n) is 6.42. The van der Waals surface area contributed by atoms with Crippen LogP contribution in [-0.4, -0.2) is 42.1 Å². The number of carbonyl (C=O) groups is 2. The first-order chi connectivity index (χ1) is 17.4. The monoisotopic (exact) mass is 526 g/mol. The summed E-state index contributed by atoms with van der Waals surface area (Å²) in [6, 6.07) is 6.72. The van der Waals surface area contributed by atoms with Gasteiger partial charge in [-0.3, -0.25) is 9.59 Å². The standard InChI is InChI=1S/C25H24F6N4O2/c1-2-20(36)34-12-4-3-9-17(14-34)35-21-18(25(29,30)31)10-6-11-19(21)32-23(35)33-22(37)15-7-5-8-16(13-15)24(26,27)28/h2,5-8,10-11,13,17,23,32H,1,3-4,9,12,14H2,(H,33,37)/t17-,23?/m1/s1. The Bertz CT molecular complexity index is 1200. The Morgan fingerprint density at radius 2 is 1.76 bits per heavy atom. The van der Waals surface area contributed by atoms with E-state index in [-0.39, 0.29) is 29.4 Å². The molecule has 0 bridgehead atoms. The molecule has 2 N–H and O–H groups in total. The van der Waals surface area contributed by atoms with Crippen LogP contribution in [0.4, 0.5) is 37.7 Å². The van der Waals surface area contributed by atoms with Crippen molar-refractivity contribution in [3.05, 3.63) is 71.8 Å². The van der Waals surface area contributed by atoms with Crippen LogP contribution in [0, 0.1) is 0 Å². The highest BCUT2D eigenvalue weighted by atomic mass is 19.4. The number of nitrogens with zero attached hydrogens (tertiary/aromatic N) is 2. The molecule has 1 unspecified atom stereocenters. The molecule has 0 radical (unpaired) electrons. The molecule has 0 aliphatic carbocycles. The maximum atomic E-state index is 14.0. The summed E-state index contributed by atoms with van der Waals surface area (Å²) >= 11 is 0. The largest absolute Gasteiger partial charge is 0.418 e. The third-order valence-corrected chi connectivity index (χ3v) is 6.42. The van der Waals surface area contributed by atoms with Gasteiger partial charge >= 0.3 is 12.4 Å². The number of carbonyl (C=O) groups excluding carboxylic acids is 2. The Kier molecular flexibility index (Phi) is 7.11. The van der Waals surface area contributed by atoms with E-state index < -0.39 is 41.7 Å². The van der Waals surface area contributed by atoms with Crippen LogP contribution in [0.5, 0.6) is 0 Å². The number of hydrogen-bond acceptors (Lipinski definition) is 4. The molecular formula is C25H24F6N4O2. The second-order valence-corrected chi connectivity index (χ2v) is 8.84. The third kappa shape index (κ3) is 5.52. The molecule has 2 amide bonds. The molecular weight excluding hydrogens is 502 g/mol. The summed E-state index contributed by atoms with van der Waals surface area (Å²) in [6.45, 7) is 3.96. The molecule has 0 aromatic heterocycles. The summed E-state index contributed by atoms with van der Waals surface area (Å²) in [7, 11) is 0. The van der Waals surface area contributed by atoms with Gasteiger partial charge in [-0.1, -0.05) is 18.7 Å². The van der Waals surface area contributed by atoms with Gasteiger partial charge in [0.15, 0.2) is 6.29 Å². The lowest BCUT2D eigenvalue weighted by Gasteiger charge is -2.37. The Labute approximate surface area is 208 Å². The van der Waals surface area contributed by atoms with Gasteiger partial charge in [0.1, 0.15) is 0 Å². The molecule has 0 saturated carbocycles. The molecule has 2 heterocycles. The molecule has 12 heteroatoms. The smallest absolute Gasteiger partial charge is 0.347 e. The maximum absolute atomic E-state index is 14.0. The summed E-state index contributed by atoms with van der Waals surface area (Å²) in [6.07, 6.45) is -7.80. The number of amides is 2. The SMILES string of the molecule is C=CC(=O)N1CCCC[C@@H](N2c3c(cccc3C(F)(F)F)NC2NC(=O)c2cccc(C(F)(F)F)c2)C1. The van der Waals surface area contributed by atoms with Gasteiger partial charge in [0, 0.05) is 18.7 Å². The zero-order chi connectivity index (χ0) is 27.0. The van der Waals surface area contributed by atoms with Crippen molar-refractivity contribution >= 4 is 23.2 Å². The quantitative estimate of drug-likeness (QED) is 0.423. The lowest BCUT2D eigenvalue weighted by Crippen LogP contribution is -2.56. The summed E-state index contributed by atoms with van der Waals surface area (Å²) in [5.41, 5.74) is -2.34. The molecule has 37 heavy (non-hydrogen) atoms. The molecule has 198 valence electrons. The summed E-state index contributed by atoms with van der Waals surface area (Å²) in [4.78, 5) is 28.2. The van der Waals surface area contributed by atoms with E-state index in [2.05, 4.69) is 17.2 Å². The molecule has 1 saturated heterocycles. The average molecular weight is 526 g/mol. The number of likely N-dealkylation sites (tertiary alicyclic amines) is 1. The first-order valence-corrected chi connectivity index (χ1v) is 11.5. The highest BCUT2D eigenvalue weighted by Gasteiger charge is 2.44. The normalized spacial score (nSPS) is 20.1. The van der Waals surface area contributed by atoms with Crippen LogP contribution < -0.4 is 15.5 Å². The molecule has 2 aliphatic heterocycles. The van der Waals surface area contributed by atoms with Crippen LogP contribution in [0.25, 0.3) is 0 Å². The number of hydrogen-bond donors (Lipinski definition) is 2. The van der Waals surface area contributed by atoms with Crippen LogP contribution in [0.1, 0.15) is 40.7 Å². The lowest BCUT2D eigenvalue weighted by molar-refractivity contribution is -0.138. The molecule has 2 aromatic rings. The lowest BCUT2D eigenvalue weighted by atomic mass is 10.1. The van der Waals surface area contributed by atoms with E-state index in [4.69, 9.17) is 0 Å². The van der Waals surface area contributed by atoms with Crippen LogP contribution in [0.15, 0.2) is 55.1 Å². The number of benzene rings is 2. The Hall–Kier alpha value is -3.70. The van der Waals surface area contributed by atoms with Crippen LogP contribution in [-0.2, 0) is 17.1 Å². The van der Waals surface area contributed by atoms with Crippen LogP contribution >= 0.6 is 0 Å². The van der Waals surface area contributed by atoms with E-state index in [0.29, 0.717) is 31.9 Å². The fourth-order valence-corrected chi connectivity index (χ4v) is 4.73. The fraction of sp³-hybridized carbons (Fsp3) is 0.360. The van der Waals surface area contributed by atoms with Gasteiger partial charge in [-0.2, -0.15) is 26.3 Å². The van der Waals surface area contributed by atoms with Crippen molar-refractivity contribution in [3.63, 3.8) is 0 Å². The highest BCUT2D eigenvalue weighted by molar-refractivity contribution is 5.95. The first-order valence-electron chi connectivity index (χ1n) is 11.5. The van der Waals surface area contributed by atoms with Gasteiger partial charge in [0.05, 0.1) is 28.5 Å². The fourth-order valence-electron chi connectivity index (χ4n) is 4.73. The number of nitrogens with one attached hydrogen (secondary N) is 2. The Balaban J connectivity index is 1.72. The van der Waals surface area contributed by atoms with Crippen molar-refractivity contribution in [3.8, 4) is 0 Å². The van der Waals surface area contributed by atoms with Crippen molar-refractivity contribution in [1.29, 1.82) is 0 Å². The summed E-state index contributed by atoms with van der Waals surface area (Å²) < 4.78 is 81.5. The number of anilines is 2. The summed E-state index contributed by atoms with van der Waals surface area (Å²) in [5.74, 6) is -1.27. The number of halogens is 6. The number of alkyl halides is 6. The molecule has 2 aliphatic rings. The number of para-hydroxylation sites is 1. The van der Waals surface area contributed by atoms with E-state index >= 15 is 0 Å². The Morgan fingerprint density at radius 3 is 2.43 bits per heavy atom. The second kappa shape index (κ2) is 9.98. The van der Waals surface area contributed by atoms with Gasteiger partial charge in [0.2, 0.25) is 5.91 Å². The van der Waals surface area contributed by atoms with Crippen molar-refractivity contribution in [1.82, 2.24) is 10.2 Å². The molecule has 2 aromatic carbocycles. The molecule has 4 rings (SSSR count). The minimum Gasteiger partial charge on any atom is -0.347 e. The number of fused-ring (bicyclic) bond motifs is 1. The van der Waals surface area contributed by atoms with Crippen molar-refractivity contribution < 1.29 is 35.9 Å². The predicted octanol–water partition coefficient (Wildman–Crippen LogP) is 5.24. The van der Waals surface area contributed by atoms with E-state index in [9.17, 15) is 35.9 Å². The summed E-state index contributed by atoms with van der Waals surface area (Å²) in [5, 5.41) is 5.41. The molecule has 1 fully saturated rings. The topological polar surface area (TPSA) is 64.7 Å². The van der Waals surface area contributed by atoms with E-state index in [1.54, 1.807) is 0 Å². The highest BCUT2D eigenvalue weighted by Crippen LogP contribution is 2.46. The second-order valence-electron chi connectivity index (χ2n) is 8.84. The van der Waals surface area contributed by atoms with Gasteiger partial charge in [0.25, 0.3) is 5.91 Å². The van der Waals surface area contributed by atoms with Crippen LogP contribution in [0.3, 0.4) is 0 Å². The van der Waals surface area contributed by atoms with Gasteiger partial charge in [-0.05, 0) is 55.7 Å². The Morgan fingerprint density at radius 1 is 1.03 bits per heavy atom. The molecule has 6 nitrogen and oxygen atoms in total. The van der Waals surface area contributed by atoms with Crippen molar-refractivity contribution in [2.45, 2.75) is 43.9 Å². The van der Waals surface area contributed by atoms with E-state index in [0.717, 1.165) is 24.3 Å². The molecule has 2 atom stereocenters. The number of rotatable bonds is 4. The van der Waals surface area contributed by atoms with Crippen molar-refractivity contribution in [2.24, 2.45) is 0 Å². The van der Waals surface area contributed by atoms with E-state index in [1.807, 2.05) is 0 Å². The van der Waals surface area contributed by atoms with Crippen molar-refractivity contribution in [2.75, 3.05) is 23.3 Å². The van der Waals surface area contributed by atoms with Gasteiger partial charge < -0.3 is 20.4 Å². The maximum Gasteiger partial charge on any atom is 0.418 e. The predicted molar refractivity (Wildman–Crippen MR) is 125 cm³/mol. The molecule has 0 spiro atoms. The zero-order valence-corrected chi connectivity index (χ0v) is 19.5. The zero-order valence-electron chi connectivity index (χ0n) is 19.5.